The smallest absolute Gasteiger partial charge is 0.255 e. The van der Waals surface area contributed by atoms with Gasteiger partial charge in [0, 0.05) is 35.7 Å². The van der Waals surface area contributed by atoms with Crippen molar-refractivity contribution < 1.29 is 13.2 Å². The van der Waals surface area contributed by atoms with E-state index in [0.29, 0.717) is 28.1 Å². The van der Waals surface area contributed by atoms with Crippen LogP contribution in [0.4, 0.5) is 0 Å². The summed E-state index contributed by atoms with van der Waals surface area (Å²) in [6.07, 6.45) is 0. The van der Waals surface area contributed by atoms with Crippen LogP contribution in [0.3, 0.4) is 0 Å². The molecule has 1 fully saturated rings. The van der Waals surface area contributed by atoms with E-state index in [1.54, 1.807) is 41.3 Å². The Kier molecular flexibility index (Phi) is 5.94. The van der Waals surface area contributed by atoms with Gasteiger partial charge in [-0.1, -0.05) is 45.2 Å². The van der Waals surface area contributed by atoms with Crippen LogP contribution >= 0.6 is 39.1 Å². The number of amides is 1. The van der Waals surface area contributed by atoms with Crippen molar-refractivity contribution in [1.29, 1.82) is 0 Å². The number of sulfonamides is 1. The number of benzene rings is 2. The Morgan fingerprint density at radius 3 is 2.31 bits per heavy atom. The molecule has 0 aromatic heterocycles. The molecule has 5 nitrogen and oxygen atoms in total. The highest BCUT2D eigenvalue weighted by molar-refractivity contribution is 9.10. The maximum atomic E-state index is 12.7. The summed E-state index contributed by atoms with van der Waals surface area (Å²) in [5.74, 6) is -0.230. The van der Waals surface area contributed by atoms with Gasteiger partial charge in [-0.15, -0.1) is 0 Å². The Labute approximate surface area is 170 Å². The number of piperazine rings is 1. The third-order valence-corrected chi connectivity index (χ3v) is 7.06. The fraction of sp³-hybridized carbons (Fsp3) is 0.235. The minimum Gasteiger partial charge on any atom is -0.336 e. The normalized spacial score (nSPS) is 15.9. The van der Waals surface area contributed by atoms with E-state index in [1.165, 1.54) is 10.4 Å². The Morgan fingerprint density at radius 1 is 1.00 bits per heavy atom. The van der Waals surface area contributed by atoms with Gasteiger partial charge in [0.15, 0.2) is 0 Å². The lowest BCUT2D eigenvalue weighted by Gasteiger charge is -2.34. The molecule has 0 atom stereocenters. The first kappa shape index (κ1) is 19.6. The molecule has 1 heterocycles. The third kappa shape index (κ3) is 4.07. The highest BCUT2D eigenvalue weighted by Crippen LogP contribution is 2.24. The second-order valence-electron chi connectivity index (χ2n) is 5.78. The van der Waals surface area contributed by atoms with Crippen LogP contribution in [0, 0.1) is 0 Å². The number of hydrogen-bond acceptors (Lipinski definition) is 3. The van der Waals surface area contributed by atoms with E-state index in [1.807, 2.05) is 0 Å². The van der Waals surface area contributed by atoms with Gasteiger partial charge < -0.3 is 4.90 Å². The zero-order valence-electron chi connectivity index (χ0n) is 13.5. The molecule has 1 aliphatic rings. The summed E-state index contributed by atoms with van der Waals surface area (Å²) < 4.78 is 27.6. The number of carbonyl (C=O) groups is 1. The third-order valence-electron chi connectivity index (χ3n) is 4.12. The number of hydrogen-bond donors (Lipinski definition) is 0. The van der Waals surface area contributed by atoms with Gasteiger partial charge in [0.05, 0.1) is 15.5 Å². The molecular weight excluding hydrogens is 463 g/mol. The summed E-state index contributed by atoms with van der Waals surface area (Å²) in [4.78, 5) is 14.5. The van der Waals surface area contributed by atoms with Crippen molar-refractivity contribution in [3.8, 4) is 0 Å². The molecule has 0 radical (unpaired) electrons. The van der Waals surface area contributed by atoms with Crippen LogP contribution in [0.25, 0.3) is 0 Å². The maximum absolute atomic E-state index is 12.7. The van der Waals surface area contributed by atoms with Crippen LogP contribution in [0.15, 0.2) is 51.8 Å². The van der Waals surface area contributed by atoms with Gasteiger partial charge in [0.2, 0.25) is 10.0 Å². The molecule has 1 aliphatic heterocycles. The summed E-state index contributed by atoms with van der Waals surface area (Å²) in [5.41, 5.74) is 0.361. The molecule has 26 heavy (non-hydrogen) atoms. The van der Waals surface area contributed by atoms with Crippen LogP contribution in [0.5, 0.6) is 0 Å². The average molecular weight is 478 g/mol. The molecule has 0 N–H and O–H groups in total. The zero-order valence-corrected chi connectivity index (χ0v) is 17.4. The molecule has 0 bridgehead atoms. The van der Waals surface area contributed by atoms with Crippen LogP contribution in [-0.4, -0.2) is 49.7 Å². The first-order chi connectivity index (χ1) is 12.3. The first-order valence-electron chi connectivity index (χ1n) is 7.79. The largest absolute Gasteiger partial charge is 0.336 e. The fourth-order valence-electron chi connectivity index (χ4n) is 2.74. The number of nitrogens with zero attached hydrogens (tertiary/aromatic N) is 2. The molecular formula is C17H15BrCl2N2O3S. The van der Waals surface area contributed by atoms with E-state index in [-0.39, 0.29) is 28.9 Å². The maximum Gasteiger partial charge on any atom is 0.255 e. The van der Waals surface area contributed by atoms with Gasteiger partial charge >= 0.3 is 0 Å². The van der Waals surface area contributed by atoms with E-state index < -0.39 is 10.0 Å². The summed E-state index contributed by atoms with van der Waals surface area (Å²) >= 11 is 15.2. The van der Waals surface area contributed by atoms with Crippen molar-refractivity contribution in [3.63, 3.8) is 0 Å². The zero-order chi connectivity index (χ0) is 18.9. The van der Waals surface area contributed by atoms with E-state index in [9.17, 15) is 13.2 Å². The quantitative estimate of drug-likeness (QED) is 0.673. The molecule has 1 amide bonds. The van der Waals surface area contributed by atoms with E-state index in [4.69, 9.17) is 23.2 Å². The molecule has 0 aliphatic carbocycles. The molecule has 2 aromatic rings. The lowest BCUT2D eigenvalue weighted by Crippen LogP contribution is -2.50. The van der Waals surface area contributed by atoms with Crippen LogP contribution in [-0.2, 0) is 10.0 Å². The second-order valence-corrected chi connectivity index (χ2v) is 9.48. The predicted octanol–water partition coefficient (Wildman–Crippen LogP) is 3.90. The molecule has 2 aromatic carbocycles. The summed E-state index contributed by atoms with van der Waals surface area (Å²) in [5, 5.41) is 0.739. The Morgan fingerprint density at radius 2 is 1.69 bits per heavy atom. The molecule has 0 unspecified atom stereocenters. The van der Waals surface area contributed by atoms with Gasteiger partial charge in [-0.25, -0.2) is 8.42 Å². The predicted molar refractivity (Wildman–Crippen MR) is 105 cm³/mol. The Balaban J connectivity index is 1.72. The molecule has 1 saturated heterocycles. The van der Waals surface area contributed by atoms with E-state index in [2.05, 4.69) is 15.9 Å². The molecule has 3 rings (SSSR count). The van der Waals surface area contributed by atoms with Crippen molar-refractivity contribution in [2.45, 2.75) is 4.90 Å². The number of halogens is 3. The van der Waals surface area contributed by atoms with Crippen LogP contribution in [0.1, 0.15) is 10.4 Å². The van der Waals surface area contributed by atoms with Crippen molar-refractivity contribution in [3.05, 3.63) is 62.5 Å². The van der Waals surface area contributed by atoms with Gasteiger partial charge in [-0.05, 0) is 36.4 Å². The second kappa shape index (κ2) is 7.86. The standard InChI is InChI=1S/C17H15BrCl2N2O3S/c18-12-2-1-3-14(10-12)26(24,25)22-8-6-21(7-9-22)17(23)15-5-4-13(19)11-16(15)20/h1-5,10-11H,6-9H2. The molecule has 0 saturated carbocycles. The molecule has 9 heteroatoms. The van der Waals surface area contributed by atoms with E-state index in [0.717, 1.165) is 0 Å². The highest BCUT2D eigenvalue weighted by atomic mass is 79.9. The first-order valence-corrected chi connectivity index (χ1v) is 10.8. The summed E-state index contributed by atoms with van der Waals surface area (Å²) in [6, 6.07) is 11.3. The van der Waals surface area contributed by atoms with E-state index >= 15 is 0 Å². The fourth-order valence-corrected chi connectivity index (χ4v) is 5.25. The summed E-state index contributed by atoms with van der Waals surface area (Å²) in [7, 11) is -3.59. The monoisotopic (exact) mass is 476 g/mol. The Bertz CT molecular complexity index is 945. The van der Waals surface area contributed by atoms with Crippen LogP contribution < -0.4 is 0 Å². The summed E-state index contributed by atoms with van der Waals surface area (Å²) in [6.45, 7) is 1.05. The molecule has 0 spiro atoms. The van der Waals surface area contributed by atoms with Crippen molar-refractivity contribution in [2.75, 3.05) is 26.2 Å². The van der Waals surface area contributed by atoms with Gasteiger partial charge in [0.25, 0.3) is 5.91 Å². The molecule has 138 valence electrons. The van der Waals surface area contributed by atoms with Crippen molar-refractivity contribution in [1.82, 2.24) is 9.21 Å². The van der Waals surface area contributed by atoms with Crippen molar-refractivity contribution >= 4 is 55.1 Å². The lowest BCUT2D eigenvalue weighted by atomic mass is 10.2. The lowest BCUT2D eigenvalue weighted by molar-refractivity contribution is 0.0698. The van der Waals surface area contributed by atoms with Crippen molar-refractivity contribution in [2.24, 2.45) is 0 Å². The topological polar surface area (TPSA) is 57.7 Å². The van der Waals surface area contributed by atoms with Gasteiger partial charge in [0.1, 0.15) is 0 Å². The van der Waals surface area contributed by atoms with Crippen LogP contribution in [0.2, 0.25) is 10.0 Å². The minimum absolute atomic E-state index is 0.228. The number of carbonyl (C=O) groups excluding carboxylic acids is 1. The van der Waals surface area contributed by atoms with Gasteiger partial charge in [-0.2, -0.15) is 4.31 Å². The number of rotatable bonds is 3. The SMILES string of the molecule is O=C(c1ccc(Cl)cc1Cl)N1CCN(S(=O)(=O)c2cccc(Br)c2)CC1. The van der Waals surface area contributed by atoms with Gasteiger partial charge in [-0.3, -0.25) is 4.79 Å². The minimum atomic E-state index is -3.59. The average Bonchev–Trinajstić information content (AvgIpc) is 2.61. The Hall–Kier alpha value is -1.12. The highest BCUT2D eigenvalue weighted by Gasteiger charge is 2.31.